The van der Waals surface area contributed by atoms with Gasteiger partial charge in [-0.25, -0.2) is 4.39 Å². The van der Waals surface area contributed by atoms with Crippen LogP contribution in [0.3, 0.4) is 0 Å². The molecule has 2 aromatic carbocycles. The van der Waals surface area contributed by atoms with E-state index in [4.69, 9.17) is 5.84 Å². The van der Waals surface area contributed by atoms with E-state index in [1.54, 1.807) is 12.1 Å². The Morgan fingerprint density at radius 3 is 2.43 bits per heavy atom. The Labute approximate surface area is 170 Å². The predicted octanol–water partition coefficient (Wildman–Crippen LogP) is 4.17. The number of benzene rings is 2. The first-order valence-corrected chi connectivity index (χ1v) is 8.95. The molecule has 2 aromatic rings. The van der Waals surface area contributed by atoms with Crippen LogP contribution in [0.25, 0.3) is 0 Å². The minimum Gasteiger partial charge on any atom is -0.395 e. The van der Waals surface area contributed by atoms with Crippen LogP contribution in [0.15, 0.2) is 42.5 Å². The van der Waals surface area contributed by atoms with Gasteiger partial charge in [0.2, 0.25) is 0 Å². The zero-order valence-electron chi connectivity index (χ0n) is 16.0. The van der Waals surface area contributed by atoms with E-state index in [1.165, 1.54) is 19.1 Å². The van der Waals surface area contributed by atoms with Crippen LogP contribution >= 0.6 is 0 Å². The number of aliphatic hydroxyl groups is 1. The summed E-state index contributed by atoms with van der Waals surface area (Å²) in [6, 6.07) is 8.84. The summed E-state index contributed by atoms with van der Waals surface area (Å²) in [5.41, 5.74) is -0.108. The summed E-state index contributed by atoms with van der Waals surface area (Å²) in [7, 11) is 0. The van der Waals surface area contributed by atoms with Gasteiger partial charge in [-0.2, -0.15) is 13.2 Å². The zero-order valence-corrected chi connectivity index (χ0v) is 16.0. The summed E-state index contributed by atoms with van der Waals surface area (Å²) in [4.78, 5) is 10.4. The summed E-state index contributed by atoms with van der Waals surface area (Å²) in [6.07, 6.45) is -5.53. The summed E-state index contributed by atoms with van der Waals surface area (Å²) < 4.78 is 55.6. The molecule has 5 N–H and O–H groups in total. The van der Waals surface area contributed by atoms with Crippen molar-refractivity contribution in [3.63, 3.8) is 0 Å². The molecular formula is C19H22F4N4O3. The molecule has 0 aromatic heterocycles. The van der Waals surface area contributed by atoms with Crippen LogP contribution in [0, 0.1) is 21.3 Å². The van der Waals surface area contributed by atoms with Crippen molar-refractivity contribution in [1.82, 2.24) is 0 Å². The van der Waals surface area contributed by atoms with Crippen molar-refractivity contribution in [2.45, 2.75) is 25.4 Å². The number of nitro benzene ring substituents is 1. The second kappa shape index (κ2) is 9.26. The smallest absolute Gasteiger partial charge is 0.395 e. The highest BCUT2D eigenvalue weighted by molar-refractivity contribution is 5.56. The molecular weight excluding hydrogens is 408 g/mol. The molecule has 7 nitrogen and oxygen atoms in total. The van der Waals surface area contributed by atoms with E-state index in [9.17, 15) is 32.8 Å². The maximum atomic E-state index is 14.0. The number of halogens is 4. The number of nitrogens with zero attached hydrogens (tertiary/aromatic N) is 1. The van der Waals surface area contributed by atoms with Gasteiger partial charge in [0.05, 0.1) is 17.2 Å². The molecule has 0 saturated heterocycles. The maximum Gasteiger partial charge on any atom is 0.398 e. The average Bonchev–Trinajstić information content (AvgIpc) is 2.69. The van der Waals surface area contributed by atoms with Gasteiger partial charge in [0, 0.05) is 23.9 Å². The standard InChI is InChI=1S/C19H22F4N4O3/c1-12(16-7-13(20)5-6-17(16)27(29)30)9-18(11-28,19(21,22)23)10-25-14-3-2-4-15(8-14)26-24/h2-8,12,25-26,28H,9-11,24H2,1H3. The topological polar surface area (TPSA) is 113 Å². The number of rotatable bonds is 9. The number of hydrogen-bond donors (Lipinski definition) is 4. The summed E-state index contributed by atoms with van der Waals surface area (Å²) >= 11 is 0. The molecule has 11 heteroatoms. The lowest BCUT2D eigenvalue weighted by molar-refractivity contribution is -0.385. The Hall–Kier alpha value is -2.92. The predicted molar refractivity (Wildman–Crippen MR) is 104 cm³/mol. The third-order valence-electron chi connectivity index (χ3n) is 4.98. The van der Waals surface area contributed by atoms with Crippen molar-refractivity contribution in [2.24, 2.45) is 11.3 Å². The lowest BCUT2D eigenvalue weighted by Gasteiger charge is -2.36. The van der Waals surface area contributed by atoms with Crippen LogP contribution in [0.1, 0.15) is 24.8 Å². The summed E-state index contributed by atoms with van der Waals surface area (Å²) in [5.74, 6) is 3.43. The zero-order chi connectivity index (χ0) is 22.5. The van der Waals surface area contributed by atoms with Gasteiger partial charge in [0.15, 0.2) is 0 Å². The fourth-order valence-electron chi connectivity index (χ4n) is 3.27. The lowest BCUT2D eigenvalue weighted by atomic mass is 9.77. The fraction of sp³-hybridized carbons (Fsp3) is 0.368. The van der Waals surface area contributed by atoms with Gasteiger partial charge in [-0.05, 0) is 42.7 Å². The molecule has 0 heterocycles. The van der Waals surface area contributed by atoms with Gasteiger partial charge in [0.25, 0.3) is 5.69 Å². The first-order chi connectivity index (χ1) is 14.0. The number of alkyl halides is 3. The Bertz CT molecular complexity index is 894. The number of hydrogen-bond acceptors (Lipinski definition) is 6. The Morgan fingerprint density at radius 2 is 1.87 bits per heavy atom. The molecule has 2 unspecified atom stereocenters. The maximum absolute atomic E-state index is 14.0. The van der Waals surface area contributed by atoms with E-state index < -0.39 is 53.5 Å². The largest absolute Gasteiger partial charge is 0.398 e. The van der Waals surface area contributed by atoms with Gasteiger partial charge in [-0.3, -0.25) is 16.0 Å². The molecule has 2 rings (SSSR count). The van der Waals surface area contributed by atoms with Crippen LogP contribution in [0.5, 0.6) is 0 Å². The highest BCUT2D eigenvalue weighted by Crippen LogP contribution is 2.46. The number of nitrogen functional groups attached to an aromatic ring is 1. The average molecular weight is 430 g/mol. The number of nitrogens with one attached hydrogen (secondary N) is 2. The SMILES string of the molecule is CC(CC(CO)(CNc1cccc(NN)c1)C(F)(F)F)c1cc(F)ccc1[N+](=O)[O-]. The van der Waals surface area contributed by atoms with Crippen molar-refractivity contribution < 1.29 is 27.6 Å². The highest BCUT2D eigenvalue weighted by Gasteiger charge is 2.55. The van der Waals surface area contributed by atoms with Crippen LogP contribution in [0.2, 0.25) is 0 Å². The quantitative estimate of drug-likeness (QED) is 0.206. The van der Waals surface area contributed by atoms with Crippen molar-refractivity contribution >= 4 is 17.1 Å². The second-order valence-electron chi connectivity index (χ2n) is 7.08. The third-order valence-corrected chi connectivity index (χ3v) is 4.98. The Balaban J connectivity index is 2.35. The number of aliphatic hydroxyl groups excluding tert-OH is 1. The van der Waals surface area contributed by atoms with Crippen molar-refractivity contribution in [2.75, 3.05) is 23.9 Å². The molecule has 0 aliphatic heterocycles. The van der Waals surface area contributed by atoms with E-state index >= 15 is 0 Å². The van der Waals surface area contributed by atoms with Gasteiger partial charge in [-0.1, -0.05) is 13.0 Å². The second-order valence-corrected chi connectivity index (χ2v) is 7.08. The van der Waals surface area contributed by atoms with Gasteiger partial charge in [0.1, 0.15) is 11.2 Å². The van der Waals surface area contributed by atoms with E-state index in [2.05, 4.69) is 10.7 Å². The van der Waals surface area contributed by atoms with Gasteiger partial charge >= 0.3 is 6.18 Å². The Kier molecular flexibility index (Phi) is 7.21. The molecule has 164 valence electrons. The molecule has 0 spiro atoms. The first kappa shape index (κ1) is 23.4. The summed E-state index contributed by atoms with van der Waals surface area (Å²) in [6.45, 7) is -0.628. The molecule has 0 amide bonds. The molecule has 0 saturated carbocycles. The monoisotopic (exact) mass is 430 g/mol. The third kappa shape index (κ3) is 5.16. The van der Waals surface area contributed by atoms with Crippen molar-refractivity contribution in [3.05, 3.63) is 64.0 Å². The number of nitrogens with two attached hydrogens (primary N) is 1. The van der Waals surface area contributed by atoms with Gasteiger partial charge < -0.3 is 15.8 Å². The first-order valence-electron chi connectivity index (χ1n) is 8.95. The molecule has 0 aliphatic carbocycles. The molecule has 0 bridgehead atoms. The lowest BCUT2D eigenvalue weighted by Crippen LogP contribution is -2.47. The van der Waals surface area contributed by atoms with Crippen molar-refractivity contribution in [1.29, 1.82) is 0 Å². The molecule has 0 fully saturated rings. The van der Waals surface area contributed by atoms with Crippen molar-refractivity contribution in [3.8, 4) is 0 Å². The van der Waals surface area contributed by atoms with E-state index in [1.807, 2.05) is 0 Å². The minimum absolute atomic E-state index is 0.170. The molecule has 0 radical (unpaired) electrons. The Morgan fingerprint density at radius 1 is 1.20 bits per heavy atom. The number of nitro groups is 1. The number of anilines is 2. The molecule has 0 aliphatic rings. The van der Waals surface area contributed by atoms with Crippen LogP contribution in [-0.2, 0) is 0 Å². The van der Waals surface area contributed by atoms with E-state index in [-0.39, 0.29) is 5.56 Å². The van der Waals surface area contributed by atoms with E-state index in [0.717, 1.165) is 18.2 Å². The van der Waals surface area contributed by atoms with E-state index in [0.29, 0.717) is 11.4 Å². The highest BCUT2D eigenvalue weighted by atomic mass is 19.4. The molecule has 2 atom stereocenters. The van der Waals surface area contributed by atoms with Crippen LogP contribution in [-0.4, -0.2) is 29.4 Å². The fourth-order valence-corrected chi connectivity index (χ4v) is 3.27. The van der Waals surface area contributed by atoms with Crippen LogP contribution < -0.4 is 16.6 Å². The van der Waals surface area contributed by atoms with Gasteiger partial charge in [-0.15, -0.1) is 0 Å². The van der Waals surface area contributed by atoms with Crippen LogP contribution in [0.4, 0.5) is 34.6 Å². The summed E-state index contributed by atoms with van der Waals surface area (Å²) in [5, 5.41) is 23.6. The number of hydrazine groups is 1. The minimum atomic E-state index is -4.84. The normalized spacial score (nSPS) is 14.6. The molecule has 30 heavy (non-hydrogen) atoms.